The lowest BCUT2D eigenvalue weighted by Gasteiger charge is -2.20. The molecular formula is C42H81NO6S. The highest BCUT2D eigenvalue weighted by atomic mass is 32.2. The monoisotopic (exact) mass is 728 g/mol. The minimum atomic E-state index is -0.541. The van der Waals surface area contributed by atoms with Gasteiger partial charge in [-0.25, -0.2) is 4.79 Å². The molecule has 0 aliphatic rings. The summed E-state index contributed by atoms with van der Waals surface area (Å²) in [6, 6.07) is 0. The summed E-state index contributed by atoms with van der Waals surface area (Å²) in [5.74, 6) is 0.700. The lowest BCUT2D eigenvalue weighted by molar-refractivity contribution is -0.157. The largest absolute Gasteiger partial charge is 0.462 e. The Morgan fingerprint density at radius 3 is 1.34 bits per heavy atom. The zero-order valence-corrected chi connectivity index (χ0v) is 34.4. The Balaban J connectivity index is 4.24. The number of nitrogens with one attached hydrogen (secondary N) is 1. The average molecular weight is 728 g/mol. The smallest absolute Gasteiger partial charge is 0.407 e. The summed E-state index contributed by atoms with van der Waals surface area (Å²) in [6.45, 7) is 10.5. The van der Waals surface area contributed by atoms with Crippen LogP contribution in [0.4, 0.5) is 4.79 Å². The maximum atomic E-state index is 12.7. The van der Waals surface area contributed by atoms with Crippen LogP contribution in [0.5, 0.6) is 0 Å². The van der Waals surface area contributed by atoms with E-state index in [1.54, 1.807) is 11.8 Å². The van der Waals surface area contributed by atoms with Gasteiger partial charge in [-0.15, -0.1) is 0 Å². The van der Waals surface area contributed by atoms with Crippen LogP contribution in [0.15, 0.2) is 0 Å². The Kier molecular flexibility index (Phi) is 34.9. The molecule has 0 fully saturated rings. The maximum absolute atomic E-state index is 12.7. The molecule has 0 saturated heterocycles. The molecule has 0 heterocycles. The lowest BCUT2D eigenvalue weighted by Crippen LogP contribution is -2.34. The molecule has 1 atom stereocenters. The third-order valence-corrected chi connectivity index (χ3v) is 10.0. The van der Waals surface area contributed by atoms with Crippen LogP contribution in [-0.2, 0) is 23.8 Å². The fourth-order valence-electron chi connectivity index (χ4n) is 5.95. The molecule has 0 bridgehead atoms. The highest BCUT2D eigenvalue weighted by molar-refractivity contribution is 7.99. The predicted molar refractivity (Wildman–Crippen MR) is 213 cm³/mol. The number of unbranched alkanes of at least 4 members (excludes halogenated alkanes) is 24. The highest BCUT2D eigenvalue weighted by Crippen LogP contribution is 2.16. The summed E-state index contributed by atoms with van der Waals surface area (Å²) < 4.78 is 16.6. The van der Waals surface area contributed by atoms with E-state index in [1.165, 1.54) is 128 Å². The van der Waals surface area contributed by atoms with Crippen molar-refractivity contribution < 1.29 is 28.6 Å². The number of esters is 2. The number of alkyl carbamates (subject to hydrolysis) is 1. The van der Waals surface area contributed by atoms with E-state index < -0.39 is 17.8 Å². The minimum Gasteiger partial charge on any atom is -0.462 e. The van der Waals surface area contributed by atoms with E-state index in [0.29, 0.717) is 30.9 Å². The second kappa shape index (κ2) is 35.9. The number of rotatable bonds is 36. The quantitative estimate of drug-likeness (QED) is 0.0390. The number of thioether (sulfide) groups is 1. The highest BCUT2D eigenvalue weighted by Gasteiger charge is 2.18. The molecule has 8 heteroatoms. The summed E-state index contributed by atoms with van der Waals surface area (Å²) in [7, 11) is 0. The second-order valence-electron chi connectivity index (χ2n) is 15.3. The fraction of sp³-hybridized carbons (Fsp3) is 0.929. The second-order valence-corrected chi connectivity index (χ2v) is 16.4. The van der Waals surface area contributed by atoms with Gasteiger partial charge in [-0.3, -0.25) is 9.59 Å². The van der Waals surface area contributed by atoms with Gasteiger partial charge in [-0.05, 0) is 33.6 Å². The SMILES string of the molecule is CCCCCCCCCCCCCCCC(=O)OC[C@@H](CSCCNC(=O)OC(C)(C)C)OC(=O)CCCCCCCCCCCCCCC. The number of carbonyl (C=O) groups excluding carboxylic acids is 3. The predicted octanol–water partition coefficient (Wildman–Crippen LogP) is 12.7. The standard InChI is InChI=1S/C42H81NO6S/c1-6-8-10-12-14-16-18-20-22-24-26-28-30-32-39(44)47-36-38(37-50-35-34-43-41(46)49-42(3,4)5)48-40(45)33-31-29-27-25-23-21-19-17-15-13-11-9-7-2/h38H,6-37H2,1-5H3,(H,43,46)/t38-/m0/s1. The van der Waals surface area contributed by atoms with Crippen LogP contribution in [-0.4, -0.2) is 54.4 Å². The van der Waals surface area contributed by atoms with Gasteiger partial charge in [0.15, 0.2) is 0 Å². The zero-order chi connectivity index (χ0) is 37.0. The first-order valence-corrected chi connectivity index (χ1v) is 22.2. The van der Waals surface area contributed by atoms with Gasteiger partial charge >= 0.3 is 18.0 Å². The van der Waals surface area contributed by atoms with Crippen molar-refractivity contribution in [2.45, 2.75) is 226 Å². The summed E-state index contributed by atoms with van der Waals surface area (Å²) in [6.07, 6.45) is 32.7. The van der Waals surface area contributed by atoms with E-state index in [-0.39, 0.29) is 18.5 Å². The number of hydrogen-bond acceptors (Lipinski definition) is 7. The van der Waals surface area contributed by atoms with Crippen LogP contribution in [0.3, 0.4) is 0 Å². The van der Waals surface area contributed by atoms with E-state index in [2.05, 4.69) is 19.2 Å². The van der Waals surface area contributed by atoms with Crippen molar-refractivity contribution in [1.29, 1.82) is 0 Å². The summed E-state index contributed by atoms with van der Waals surface area (Å²) >= 11 is 1.56. The summed E-state index contributed by atoms with van der Waals surface area (Å²) in [4.78, 5) is 37.1. The molecule has 0 saturated carbocycles. The molecule has 0 aromatic rings. The zero-order valence-electron chi connectivity index (χ0n) is 33.6. The topological polar surface area (TPSA) is 90.9 Å². The Morgan fingerprint density at radius 1 is 0.560 bits per heavy atom. The van der Waals surface area contributed by atoms with Crippen LogP contribution in [0.25, 0.3) is 0 Å². The molecular weight excluding hydrogens is 647 g/mol. The van der Waals surface area contributed by atoms with Gasteiger partial charge in [0.25, 0.3) is 0 Å². The molecule has 1 amide bonds. The molecule has 0 aliphatic heterocycles. The number of ether oxygens (including phenoxy) is 3. The van der Waals surface area contributed by atoms with Gasteiger partial charge in [0.1, 0.15) is 18.3 Å². The number of hydrogen-bond donors (Lipinski definition) is 1. The summed E-state index contributed by atoms with van der Waals surface area (Å²) in [5, 5.41) is 2.76. The van der Waals surface area contributed by atoms with Crippen molar-refractivity contribution in [3.63, 3.8) is 0 Å². The molecule has 0 unspecified atom stereocenters. The van der Waals surface area contributed by atoms with E-state index in [4.69, 9.17) is 14.2 Å². The number of amides is 1. The molecule has 7 nitrogen and oxygen atoms in total. The Morgan fingerprint density at radius 2 is 0.940 bits per heavy atom. The van der Waals surface area contributed by atoms with Gasteiger partial charge in [0.05, 0.1) is 0 Å². The van der Waals surface area contributed by atoms with Crippen LogP contribution in [0, 0.1) is 0 Å². The van der Waals surface area contributed by atoms with Gasteiger partial charge in [0.2, 0.25) is 0 Å². The number of carbonyl (C=O) groups is 3. The van der Waals surface area contributed by atoms with Crippen LogP contribution >= 0.6 is 11.8 Å². The Bertz CT molecular complexity index is 787. The molecule has 0 aliphatic carbocycles. The lowest BCUT2D eigenvalue weighted by atomic mass is 10.0. The molecule has 0 aromatic heterocycles. The average Bonchev–Trinajstić information content (AvgIpc) is 3.06. The Labute approximate surface area is 313 Å². The van der Waals surface area contributed by atoms with E-state index in [0.717, 1.165) is 38.5 Å². The first-order valence-electron chi connectivity index (χ1n) is 21.1. The third kappa shape index (κ3) is 37.8. The van der Waals surface area contributed by atoms with E-state index in [1.807, 2.05) is 20.8 Å². The van der Waals surface area contributed by atoms with Crippen LogP contribution < -0.4 is 5.32 Å². The van der Waals surface area contributed by atoms with Crippen molar-refractivity contribution in [3.8, 4) is 0 Å². The van der Waals surface area contributed by atoms with Crippen molar-refractivity contribution in [2.24, 2.45) is 0 Å². The van der Waals surface area contributed by atoms with E-state index in [9.17, 15) is 14.4 Å². The van der Waals surface area contributed by atoms with Gasteiger partial charge < -0.3 is 19.5 Å². The molecule has 0 rings (SSSR count). The minimum absolute atomic E-state index is 0.0775. The fourth-order valence-corrected chi connectivity index (χ4v) is 6.79. The van der Waals surface area contributed by atoms with Crippen molar-refractivity contribution in [1.82, 2.24) is 5.32 Å². The third-order valence-electron chi connectivity index (χ3n) is 8.92. The van der Waals surface area contributed by atoms with Gasteiger partial charge in [-0.2, -0.15) is 11.8 Å². The van der Waals surface area contributed by atoms with Crippen LogP contribution in [0.2, 0.25) is 0 Å². The molecule has 50 heavy (non-hydrogen) atoms. The summed E-state index contributed by atoms with van der Waals surface area (Å²) in [5.41, 5.74) is -0.541. The Hall–Kier alpha value is -1.44. The first kappa shape index (κ1) is 48.6. The molecule has 296 valence electrons. The molecule has 0 aromatic carbocycles. The molecule has 0 radical (unpaired) electrons. The molecule has 0 spiro atoms. The maximum Gasteiger partial charge on any atom is 0.407 e. The molecule has 1 N–H and O–H groups in total. The van der Waals surface area contributed by atoms with Crippen molar-refractivity contribution in [3.05, 3.63) is 0 Å². The van der Waals surface area contributed by atoms with Gasteiger partial charge in [0, 0.05) is 30.9 Å². The normalized spacial score (nSPS) is 12.1. The van der Waals surface area contributed by atoms with Gasteiger partial charge in [-0.1, -0.05) is 168 Å². The first-order chi connectivity index (χ1) is 24.2. The van der Waals surface area contributed by atoms with Crippen LogP contribution in [0.1, 0.15) is 214 Å². The van der Waals surface area contributed by atoms with E-state index >= 15 is 0 Å². The van der Waals surface area contributed by atoms with Crippen molar-refractivity contribution >= 4 is 29.8 Å². The van der Waals surface area contributed by atoms with Crippen molar-refractivity contribution in [2.75, 3.05) is 24.7 Å².